The second kappa shape index (κ2) is 14.7. The Balaban J connectivity index is 1.98. The largest absolute Gasteiger partial charge is 0.500 e. The molecule has 6 nitrogen and oxygen atoms in total. The van der Waals surface area contributed by atoms with Crippen LogP contribution < -0.4 is 4.74 Å². The molecule has 2 aromatic carbocycles. The van der Waals surface area contributed by atoms with E-state index in [1.54, 1.807) is 13.2 Å². The highest BCUT2D eigenvalue weighted by Gasteiger charge is 2.39. The molecule has 0 radical (unpaired) electrons. The highest BCUT2D eigenvalue weighted by molar-refractivity contribution is 6.60. The van der Waals surface area contributed by atoms with Gasteiger partial charge in [-0.1, -0.05) is 36.4 Å². The third-order valence-electron chi connectivity index (χ3n) is 5.41. The summed E-state index contributed by atoms with van der Waals surface area (Å²) < 4.78 is 28.0. The Morgan fingerprint density at radius 1 is 0.853 bits per heavy atom. The van der Waals surface area contributed by atoms with Gasteiger partial charge < -0.3 is 22.8 Å². The Morgan fingerprint density at radius 2 is 1.47 bits per heavy atom. The summed E-state index contributed by atoms with van der Waals surface area (Å²) in [6, 6.07) is 15.4. The number of carbonyl (C=O) groups is 1. The van der Waals surface area contributed by atoms with Crippen LogP contribution in [-0.2, 0) is 29.2 Å². The lowest BCUT2D eigenvalue weighted by molar-refractivity contribution is -0.134. The third-order valence-corrected chi connectivity index (χ3v) is 8.56. The number of carbonyl (C=O) groups excluding carboxylic acids is 1. The minimum Gasteiger partial charge on any atom is -0.496 e. The van der Waals surface area contributed by atoms with Gasteiger partial charge in [0.15, 0.2) is 0 Å². The van der Waals surface area contributed by atoms with Gasteiger partial charge in [-0.15, -0.1) is 0 Å². The number of rotatable bonds is 15. The molecule has 0 spiro atoms. The first-order chi connectivity index (χ1) is 16.5. The van der Waals surface area contributed by atoms with Crippen molar-refractivity contribution in [3.63, 3.8) is 0 Å². The molecular formula is C27H38O6Si. The summed E-state index contributed by atoms with van der Waals surface area (Å²) in [5.74, 6) is 0.302. The number of benzene rings is 2. The third kappa shape index (κ3) is 8.40. The zero-order valence-corrected chi connectivity index (χ0v) is 22.1. The number of esters is 1. The lowest BCUT2D eigenvalue weighted by Crippen LogP contribution is -2.45. The van der Waals surface area contributed by atoms with Crippen LogP contribution in [0.15, 0.2) is 48.5 Å². The molecule has 34 heavy (non-hydrogen) atoms. The minimum atomic E-state index is -2.56. The Morgan fingerprint density at radius 3 is 2.03 bits per heavy atom. The number of hydrogen-bond acceptors (Lipinski definition) is 6. The van der Waals surface area contributed by atoms with Gasteiger partial charge in [-0.05, 0) is 68.9 Å². The number of aryl methyl sites for hydroxylation is 1. The average molecular weight is 487 g/mol. The van der Waals surface area contributed by atoms with E-state index < -0.39 is 14.8 Å². The molecule has 0 heterocycles. The van der Waals surface area contributed by atoms with Crippen LogP contribution in [0.25, 0.3) is 17.2 Å². The molecule has 0 saturated carbocycles. The van der Waals surface area contributed by atoms with Crippen molar-refractivity contribution < 1.29 is 27.5 Å². The van der Waals surface area contributed by atoms with Gasteiger partial charge in [-0.25, -0.2) is 4.79 Å². The zero-order chi connectivity index (χ0) is 24.8. The van der Waals surface area contributed by atoms with Crippen LogP contribution in [0.5, 0.6) is 5.75 Å². The van der Waals surface area contributed by atoms with Gasteiger partial charge >= 0.3 is 14.8 Å². The van der Waals surface area contributed by atoms with Crippen molar-refractivity contribution in [2.24, 2.45) is 0 Å². The quantitative estimate of drug-likeness (QED) is 0.135. The molecule has 0 aliphatic heterocycles. The van der Waals surface area contributed by atoms with Gasteiger partial charge in [0.1, 0.15) is 5.75 Å². The summed E-state index contributed by atoms with van der Waals surface area (Å²) in [6.07, 6.45) is 6.13. The van der Waals surface area contributed by atoms with Crippen LogP contribution in [0, 0.1) is 0 Å². The van der Waals surface area contributed by atoms with E-state index in [9.17, 15) is 4.79 Å². The maximum atomic E-state index is 11.4. The van der Waals surface area contributed by atoms with Crippen LogP contribution >= 0.6 is 0 Å². The number of unbranched alkanes of at least 4 members (excludes halogenated alkanes) is 1. The Labute approximate surface area is 205 Å². The summed E-state index contributed by atoms with van der Waals surface area (Å²) in [6.45, 7) is 7.81. The SMILES string of the molecule is CCO[Si](CCCCc1ccc(-c2ccc(/C=C/C(=O)OC)c(OC)c2)cc1)(OCC)OCC. The summed E-state index contributed by atoms with van der Waals surface area (Å²) in [4.78, 5) is 11.4. The lowest BCUT2D eigenvalue weighted by atomic mass is 10.00. The fourth-order valence-electron chi connectivity index (χ4n) is 3.79. The normalized spacial score (nSPS) is 11.7. The first-order valence-corrected chi connectivity index (χ1v) is 13.9. The van der Waals surface area contributed by atoms with Crippen LogP contribution in [-0.4, -0.2) is 48.8 Å². The maximum absolute atomic E-state index is 11.4. The molecule has 0 aliphatic carbocycles. The summed E-state index contributed by atoms with van der Waals surface area (Å²) in [5.41, 5.74) is 4.28. The van der Waals surface area contributed by atoms with Gasteiger partial charge in [0, 0.05) is 37.5 Å². The van der Waals surface area contributed by atoms with Crippen LogP contribution in [0.1, 0.15) is 44.7 Å². The van der Waals surface area contributed by atoms with E-state index in [1.165, 1.54) is 18.7 Å². The molecule has 7 heteroatoms. The molecular weight excluding hydrogens is 448 g/mol. The van der Waals surface area contributed by atoms with E-state index >= 15 is 0 Å². The van der Waals surface area contributed by atoms with E-state index in [4.69, 9.17) is 18.0 Å². The van der Waals surface area contributed by atoms with Gasteiger partial charge in [0.2, 0.25) is 0 Å². The molecule has 0 aromatic heterocycles. The molecule has 0 amide bonds. The molecule has 0 N–H and O–H groups in total. The summed E-state index contributed by atoms with van der Waals surface area (Å²) in [7, 11) is 0.421. The lowest BCUT2D eigenvalue weighted by Gasteiger charge is -2.28. The van der Waals surface area contributed by atoms with Crippen molar-refractivity contribution in [1.29, 1.82) is 0 Å². The smallest absolute Gasteiger partial charge is 0.496 e. The average Bonchev–Trinajstić information content (AvgIpc) is 2.86. The van der Waals surface area contributed by atoms with Crippen molar-refractivity contribution in [3.8, 4) is 16.9 Å². The van der Waals surface area contributed by atoms with Gasteiger partial charge in [-0.3, -0.25) is 0 Å². The molecule has 0 aliphatic rings. The first kappa shape index (κ1) is 27.8. The minimum absolute atomic E-state index is 0.400. The van der Waals surface area contributed by atoms with E-state index in [2.05, 4.69) is 29.0 Å². The second-order valence-corrected chi connectivity index (χ2v) is 10.4. The molecule has 0 fully saturated rings. The Hall–Kier alpha value is -2.45. The fourth-order valence-corrected chi connectivity index (χ4v) is 6.48. The topological polar surface area (TPSA) is 63.2 Å². The van der Waals surface area contributed by atoms with Crippen molar-refractivity contribution in [3.05, 3.63) is 59.7 Å². The predicted molar refractivity (Wildman–Crippen MR) is 138 cm³/mol. The number of ether oxygens (including phenoxy) is 2. The molecule has 0 saturated heterocycles. The molecule has 0 atom stereocenters. The monoisotopic (exact) mass is 486 g/mol. The predicted octanol–water partition coefficient (Wildman–Crippen LogP) is 5.92. The van der Waals surface area contributed by atoms with Crippen LogP contribution in [0.2, 0.25) is 6.04 Å². The van der Waals surface area contributed by atoms with E-state index in [0.29, 0.717) is 25.6 Å². The van der Waals surface area contributed by atoms with Crippen molar-refractivity contribution in [2.75, 3.05) is 34.0 Å². The molecule has 2 aromatic rings. The molecule has 186 valence electrons. The van der Waals surface area contributed by atoms with Crippen LogP contribution in [0.3, 0.4) is 0 Å². The van der Waals surface area contributed by atoms with E-state index in [1.807, 2.05) is 39.0 Å². The summed E-state index contributed by atoms with van der Waals surface area (Å²) >= 11 is 0. The van der Waals surface area contributed by atoms with Crippen molar-refractivity contribution in [1.82, 2.24) is 0 Å². The number of hydrogen-bond donors (Lipinski definition) is 0. The summed E-state index contributed by atoms with van der Waals surface area (Å²) in [5, 5.41) is 0. The molecule has 0 bridgehead atoms. The number of methoxy groups -OCH3 is 2. The maximum Gasteiger partial charge on any atom is 0.500 e. The highest BCUT2D eigenvalue weighted by Crippen LogP contribution is 2.29. The van der Waals surface area contributed by atoms with Crippen LogP contribution in [0.4, 0.5) is 0 Å². The Kier molecular flexibility index (Phi) is 12.0. The standard InChI is InChI=1S/C27H38O6Si/c1-6-31-34(32-7-2,33-8-3)20-10-9-11-22-12-14-23(15-13-22)25-17-16-24(26(21-25)29-4)18-19-27(28)30-5/h12-19,21H,6-11,20H2,1-5H3/b19-18+. The van der Waals surface area contributed by atoms with E-state index in [0.717, 1.165) is 42.0 Å². The Bertz CT molecular complexity index is 893. The second-order valence-electron chi connectivity index (χ2n) is 7.70. The van der Waals surface area contributed by atoms with Gasteiger partial charge in [0.25, 0.3) is 0 Å². The fraction of sp³-hybridized carbons (Fsp3) is 0.444. The van der Waals surface area contributed by atoms with Crippen molar-refractivity contribution in [2.45, 2.75) is 46.1 Å². The van der Waals surface area contributed by atoms with Gasteiger partial charge in [0.05, 0.1) is 14.2 Å². The highest BCUT2D eigenvalue weighted by atomic mass is 28.4. The first-order valence-electron chi connectivity index (χ1n) is 12.0. The molecule has 0 unspecified atom stereocenters. The molecule has 2 rings (SSSR count). The van der Waals surface area contributed by atoms with Crippen molar-refractivity contribution >= 4 is 20.8 Å². The zero-order valence-electron chi connectivity index (χ0n) is 21.1. The van der Waals surface area contributed by atoms with Gasteiger partial charge in [-0.2, -0.15) is 0 Å². The van der Waals surface area contributed by atoms with E-state index in [-0.39, 0.29) is 0 Å².